The fourth-order valence-electron chi connectivity index (χ4n) is 4.50. The van der Waals surface area contributed by atoms with E-state index in [1.165, 1.54) is 16.2 Å². The Balaban J connectivity index is 1.43. The van der Waals surface area contributed by atoms with E-state index < -0.39 is 0 Å². The van der Waals surface area contributed by atoms with Gasteiger partial charge >= 0.3 is 5.97 Å². The predicted octanol–water partition coefficient (Wildman–Crippen LogP) is 3.13. The van der Waals surface area contributed by atoms with Gasteiger partial charge in [-0.15, -0.1) is 11.3 Å². The number of likely N-dealkylation sites (N-methyl/N-ethyl adjacent to an activating group) is 1. The van der Waals surface area contributed by atoms with E-state index in [1.807, 2.05) is 36.4 Å². The minimum absolute atomic E-state index is 0.00830. The van der Waals surface area contributed by atoms with Crippen molar-refractivity contribution >= 4 is 34.1 Å². The summed E-state index contributed by atoms with van der Waals surface area (Å²) in [4.78, 5) is 44.3. The number of amides is 2. The number of piperidine rings is 1. The number of hydrogen-bond acceptors (Lipinski definition) is 7. The lowest BCUT2D eigenvalue weighted by Crippen LogP contribution is -2.45. The smallest absolute Gasteiger partial charge is 0.309 e. The monoisotopic (exact) mass is 499 g/mol. The Bertz CT molecular complexity index is 1030. The normalized spacial score (nSPS) is 16.7. The highest BCUT2D eigenvalue weighted by Crippen LogP contribution is 2.39. The molecular weight excluding hydrogens is 466 g/mol. The molecule has 0 radical (unpaired) electrons. The van der Waals surface area contributed by atoms with Gasteiger partial charge in [0.25, 0.3) is 5.91 Å². The molecule has 0 saturated carbocycles. The first-order valence-electron chi connectivity index (χ1n) is 12.2. The van der Waals surface area contributed by atoms with Gasteiger partial charge in [-0.05, 0) is 31.4 Å². The van der Waals surface area contributed by atoms with Crippen LogP contribution in [0.2, 0.25) is 0 Å². The van der Waals surface area contributed by atoms with Crippen molar-refractivity contribution in [2.24, 2.45) is 5.92 Å². The van der Waals surface area contributed by atoms with E-state index in [0.29, 0.717) is 50.6 Å². The van der Waals surface area contributed by atoms with Crippen LogP contribution in [0.5, 0.6) is 0 Å². The number of nitrogens with zero attached hydrogens (tertiary/aromatic N) is 3. The number of rotatable bonds is 7. The average Bonchev–Trinajstić information content (AvgIpc) is 3.35. The van der Waals surface area contributed by atoms with Crippen LogP contribution < -0.4 is 4.90 Å². The SMILES string of the molecule is CCOC(=O)C1CCN(C(=O)CN(C)C(=O)c2cc(-c3ccccc3)c(N3CCOCC3)s2)CC1. The fourth-order valence-corrected chi connectivity index (χ4v) is 5.73. The Morgan fingerprint density at radius 2 is 1.77 bits per heavy atom. The van der Waals surface area contributed by atoms with Gasteiger partial charge in [0.1, 0.15) is 0 Å². The molecule has 2 aliphatic rings. The quantitative estimate of drug-likeness (QED) is 0.545. The molecular formula is C26H33N3O5S. The number of ether oxygens (including phenoxy) is 2. The van der Waals surface area contributed by atoms with E-state index in [-0.39, 0.29) is 30.2 Å². The predicted molar refractivity (Wildman–Crippen MR) is 136 cm³/mol. The molecule has 188 valence electrons. The van der Waals surface area contributed by atoms with E-state index in [4.69, 9.17) is 9.47 Å². The van der Waals surface area contributed by atoms with Gasteiger partial charge in [0, 0.05) is 38.8 Å². The lowest BCUT2D eigenvalue weighted by atomic mass is 9.97. The maximum absolute atomic E-state index is 13.3. The Kier molecular flexibility index (Phi) is 8.41. The molecule has 9 heteroatoms. The molecule has 0 bridgehead atoms. The molecule has 35 heavy (non-hydrogen) atoms. The van der Waals surface area contributed by atoms with Gasteiger partial charge in [-0.25, -0.2) is 0 Å². The van der Waals surface area contributed by atoms with Gasteiger partial charge in [0.05, 0.1) is 42.2 Å². The van der Waals surface area contributed by atoms with Crippen LogP contribution in [0.25, 0.3) is 11.1 Å². The maximum Gasteiger partial charge on any atom is 0.309 e. The summed E-state index contributed by atoms with van der Waals surface area (Å²) in [7, 11) is 1.67. The summed E-state index contributed by atoms with van der Waals surface area (Å²) < 4.78 is 10.6. The third-order valence-electron chi connectivity index (χ3n) is 6.49. The zero-order valence-electron chi connectivity index (χ0n) is 20.4. The molecule has 3 heterocycles. The molecule has 1 aromatic carbocycles. The van der Waals surface area contributed by atoms with Crippen molar-refractivity contribution in [2.75, 3.05) is 64.5 Å². The van der Waals surface area contributed by atoms with E-state index in [1.54, 1.807) is 18.9 Å². The van der Waals surface area contributed by atoms with Gasteiger partial charge in [0.15, 0.2) is 0 Å². The molecule has 0 atom stereocenters. The molecule has 4 rings (SSSR count). The minimum atomic E-state index is -0.185. The van der Waals surface area contributed by atoms with E-state index >= 15 is 0 Å². The zero-order chi connectivity index (χ0) is 24.8. The number of carbonyl (C=O) groups excluding carboxylic acids is 3. The van der Waals surface area contributed by atoms with Crippen molar-refractivity contribution in [1.29, 1.82) is 0 Å². The fraction of sp³-hybridized carbons (Fsp3) is 0.500. The molecule has 0 N–H and O–H groups in total. The first-order chi connectivity index (χ1) is 17.0. The van der Waals surface area contributed by atoms with Crippen LogP contribution in [0.1, 0.15) is 29.4 Å². The van der Waals surface area contributed by atoms with Gasteiger partial charge in [-0.1, -0.05) is 30.3 Å². The van der Waals surface area contributed by atoms with Crippen molar-refractivity contribution in [2.45, 2.75) is 19.8 Å². The lowest BCUT2D eigenvalue weighted by Gasteiger charge is -2.32. The molecule has 2 aliphatic heterocycles. The highest BCUT2D eigenvalue weighted by Gasteiger charge is 2.30. The van der Waals surface area contributed by atoms with Crippen LogP contribution in [0.15, 0.2) is 36.4 Å². The highest BCUT2D eigenvalue weighted by atomic mass is 32.1. The van der Waals surface area contributed by atoms with Crippen LogP contribution in [0, 0.1) is 5.92 Å². The summed E-state index contributed by atoms with van der Waals surface area (Å²) in [5.41, 5.74) is 2.09. The standard InChI is InChI=1S/C26H33N3O5S/c1-3-34-26(32)20-9-11-28(12-10-20)23(30)18-27(2)24(31)22-17-21(19-7-5-4-6-8-19)25(35-22)29-13-15-33-16-14-29/h4-8,17,20H,3,9-16,18H2,1-2H3. The third-order valence-corrected chi connectivity index (χ3v) is 7.68. The number of hydrogen-bond donors (Lipinski definition) is 0. The zero-order valence-corrected chi connectivity index (χ0v) is 21.2. The van der Waals surface area contributed by atoms with Crippen LogP contribution in [-0.2, 0) is 19.1 Å². The van der Waals surface area contributed by atoms with E-state index in [2.05, 4.69) is 4.90 Å². The molecule has 2 saturated heterocycles. The van der Waals surface area contributed by atoms with Gasteiger partial charge in [0.2, 0.25) is 5.91 Å². The minimum Gasteiger partial charge on any atom is -0.466 e. The van der Waals surface area contributed by atoms with Gasteiger partial charge < -0.3 is 24.2 Å². The number of thiophene rings is 1. The first kappa shape index (κ1) is 25.2. The number of benzene rings is 1. The van der Waals surface area contributed by atoms with E-state index in [9.17, 15) is 14.4 Å². The largest absolute Gasteiger partial charge is 0.466 e. The number of anilines is 1. The van der Waals surface area contributed by atoms with Crippen molar-refractivity contribution in [3.05, 3.63) is 41.3 Å². The van der Waals surface area contributed by atoms with Crippen molar-refractivity contribution in [1.82, 2.24) is 9.80 Å². The molecule has 2 fully saturated rings. The Morgan fingerprint density at radius 3 is 2.43 bits per heavy atom. The molecule has 1 aromatic heterocycles. The van der Waals surface area contributed by atoms with Crippen LogP contribution in [-0.4, -0.2) is 87.2 Å². The van der Waals surface area contributed by atoms with E-state index in [0.717, 1.165) is 29.2 Å². The van der Waals surface area contributed by atoms with Crippen molar-refractivity contribution in [3.63, 3.8) is 0 Å². The number of carbonyl (C=O) groups is 3. The summed E-state index contributed by atoms with van der Waals surface area (Å²) in [5, 5.41) is 1.06. The maximum atomic E-state index is 13.3. The molecule has 8 nitrogen and oxygen atoms in total. The Hall–Kier alpha value is -2.91. The Labute approximate surface area is 210 Å². The molecule has 2 amide bonds. The molecule has 0 aliphatic carbocycles. The highest BCUT2D eigenvalue weighted by molar-refractivity contribution is 7.18. The van der Waals surface area contributed by atoms with Crippen LogP contribution in [0.4, 0.5) is 5.00 Å². The summed E-state index contributed by atoms with van der Waals surface area (Å²) in [6.45, 7) is 6.07. The number of likely N-dealkylation sites (tertiary alicyclic amines) is 1. The summed E-state index contributed by atoms with van der Waals surface area (Å²) >= 11 is 1.47. The first-order valence-corrected chi connectivity index (χ1v) is 13.0. The number of esters is 1. The van der Waals surface area contributed by atoms with Crippen molar-refractivity contribution < 1.29 is 23.9 Å². The summed E-state index contributed by atoms with van der Waals surface area (Å²) in [5.74, 6) is -0.604. The molecule has 0 spiro atoms. The lowest BCUT2D eigenvalue weighted by molar-refractivity contribution is -0.151. The summed E-state index contributed by atoms with van der Waals surface area (Å²) in [6, 6.07) is 12.0. The number of morpholine rings is 1. The second kappa shape index (κ2) is 11.7. The van der Waals surface area contributed by atoms with Crippen LogP contribution >= 0.6 is 11.3 Å². The second-order valence-corrected chi connectivity index (χ2v) is 9.89. The van der Waals surface area contributed by atoms with Gasteiger partial charge in [-0.2, -0.15) is 0 Å². The molecule has 0 unspecified atom stereocenters. The van der Waals surface area contributed by atoms with Gasteiger partial charge in [-0.3, -0.25) is 14.4 Å². The van der Waals surface area contributed by atoms with Crippen molar-refractivity contribution in [3.8, 4) is 11.1 Å². The Morgan fingerprint density at radius 1 is 1.09 bits per heavy atom. The molecule has 2 aromatic rings. The topological polar surface area (TPSA) is 79.4 Å². The summed E-state index contributed by atoms with van der Waals surface area (Å²) in [6.07, 6.45) is 1.19. The third kappa shape index (κ3) is 6.02. The average molecular weight is 500 g/mol. The van der Waals surface area contributed by atoms with Crippen LogP contribution in [0.3, 0.4) is 0 Å². The second-order valence-electron chi connectivity index (χ2n) is 8.86.